The molecule has 4 aliphatic rings. The van der Waals surface area contributed by atoms with Gasteiger partial charge in [0.05, 0.1) is 18.4 Å². The van der Waals surface area contributed by atoms with Crippen LogP contribution in [0.2, 0.25) is 0 Å². The molecule has 7 nitrogen and oxygen atoms in total. The van der Waals surface area contributed by atoms with Gasteiger partial charge in [-0.25, -0.2) is 4.39 Å². The predicted octanol–water partition coefficient (Wildman–Crippen LogP) is 5.55. The molecule has 0 amide bonds. The number of benzene rings is 2. The molecule has 0 bridgehead atoms. The number of piperidine rings is 1. The third-order valence-corrected chi connectivity index (χ3v) is 9.06. The minimum absolute atomic E-state index is 0.224. The van der Waals surface area contributed by atoms with Gasteiger partial charge in [0.25, 0.3) is 0 Å². The van der Waals surface area contributed by atoms with Gasteiger partial charge in [0.1, 0.15) is 17.4 Å². The van der Waals surface area contributed by atoms with Gasteiger partial charge in [-0.1, -0.05) is 17.3 Å². The maximum absolute atomic E-state index is 13.7. The van der Waals surface area contributed by atoms with E-state index in [2.05, 4.69) is 27.9 Å². The Morgan fingerprint density at radius 3 is 2.51 bits per heavy atom. The molecule has 0 atom stereocenters. The summed E-state index contributed by atoms with van der Waals surface area (Å²) in [6.07, 6.45) is 4.38. The SMILES string of the molecule is CCOc1c(CN2CC3(CC(N4CCC(C)(C(=O)O)CC4)=NO3)C2)cc(C2CC2)c(-c2ccc(F)cc2)c1C. The van der Waals surface area contributed by atoms with Crippen molar-refractivity contribution in [2.75, 3.05) is 32.8 Å². The van der Waals surface area contributed by atoms with Crippen molar-refractivity contribution in [2.45, 2.75) is 70.9 Å². The molecule has 2 aromatic rings. The normalized spacial score (nSPS) is 21.8. The monoisotopic (exact) mass is 535 g/mol. The average Bonchev–Trinajstić information content (AvgIpc) is 3.65. The fourth-order valence-electron chi connectivity index (χ4n) is 6.51. The Labute approximate surface area is 229 Å². The van der Waals surface area contributed by atoms with E-state index >= 15 is 0 Å². The highest BCUT2D eigenvalue weighted by Gasteiger charge is 2.51. The molecule has 3 heterocycles. The third kappa shape index (κ3) is 4.88. The van der Waals surface area contributed by atoms with Crippen molar-refractivity contribution in [2.24, 2.45) is 10.6 Å². The molecular formula is C31H38FN3O4. The summed E-state index contributed by atoms with van der Waals surface area (Å²) in [6, 6.07) is 9.14. The maximum atomic E-state index is 13.7. The number of ether oxygens (including phenoxy) is 1. The van der Waals surface area contributed by atoms with E-state index < -0.39 is 11.4 Å². The second-order valence-corrected chi connectivity index (χ2v) is 12.1. The number of halogens is 1. The van der Waals surface area contributed by atoms with E-state index in [1.165, 1.54) is 41.7 Å². The summed E-state index contributed by atoms with van der Waals surface area (Å²) >= 11 is 0. The third-order valence-electron chi connectivity index (χ3n) is 9.06. The summed E-state index contributed by atoms with van der Waals surface area (Å²) in [7, 11) is 0. The first-order chi connectivity index (χ1) is 18.7. The van der Waals surface area contributed by atoms with Crippen LogP contribution in [0.4, 0.5) is 4.39 Å². The Morgan fingerprint density at radius 2 is 1.90 bits per heavy atom. The quantitative estimate of drug-likeness (QED) is 0.501. The zero-order chi connectivity index (χ0) is 27.4. The largest absolute Gasteiger partial charge is 0.493 e. The Hall–Kier alpha value is -3.13. The van der Waals surface area contributed by atoms with Crippen molar-refractivity contribution in [1.29, 1.82) is 0 Å². The summed E-state index contributed by atoms with van der Waals surface area (Å²) < 4.78 is 19.9. The molecule has 1 aliphatic carbocycles. The van der Waals surface area contributed by atoms with Crippen molar-refractivity contribution in [1.82, 2.24) is 9.80 Å². The number of hydrogen-bond donors (Lipinski definition) is 1. The van der Waals surface area contributed by atoms with Crippen LogP contribution in [-0.4, -0.2) is 65.1 Å². The molecule has 8 heteroatoms. The van der Waals surface area contributed by atoms with Crippen molar-refractivity contribution < 1.29 is 23.9 Å². The molecule has 0 radical (unpaired) electrons. The second-order valence-electron chi connectivity index (χ2n) is 12.1. The molecule has 39 heavy (non-hydrogen) atoms. The lowest BCUT2D eigenvalue weighted by Gasteiger charge is -2.46. The average molecular weight is 536 g/mol. The number of likely N-dealkylation sites (tertiary alicyclic amines) is 2. The molecule has 0 unspecified atom stereocenters. The first kappa shape index (κ1) is 26.1. The predicted molar refractivity (Wildman–Crippen MR) is 147 cm³/mol. The molecule has 0 aromatic heterocycles. The van der Waals surface area contributed by atoms with E-state index in [0.717, 1.165) is 48.8 Å². The molecule has 2 saturated heterocycles. The van der Waals surface area contributed by atoms with Crippen LogP contribution in [-0.2, 0) is 16.2 Å². The van der Waals surface area contributed by atoms with Crippen LogP contribution in [0.25, 0.3) is 11.1 Å². The first-order valence-electron chi connectivity index (χ1n) is 14.2. The Morgan fingerprint density at radius 1 is 1.21 bits per heavy atom. The van der Waals surface area contributed by atoms with Crippen LogP contribution in [0.3, 0.4) is 0 Å². The summed E-state index contributed by atoms with van der Waals surface area (Å²) in [5.41, 5.74) is 4.94. The number of aliphatic carboxylic acids is 1. The molecule has 3 aliphatic heterocycles. The zero-order valence-corrected chi connectivity index (χ0v) is 23.1. The summed E-state index contributed by atoms with van der Waals surface area (Å²) in [6.45, 7) is 10.3. The van der Waals surface area contributed by atoms with E-state index in [1.807, 2.05) is 26.0 Å². The Kier molecular flexibility index (Phi) is 6.57. The summed E-state index contributed by atoms with van der Waals surface area (Å²) in [4.78, 5) is 22.2. The van der Waals surface area contributed by atoms with E-state index in [0.29, 0.717) is 38.5 Å². The summed E-state index contributed by atoms with van der Waals surface area (Å²) in [5, 5.41) is 14.0. The fraction of sp³-hybridized carbons (Fsp3) is 0.548. The van der Waals surface area contributed by atoms with Crippen LogP contribution in [0.5, 0.6) is 5.75 Å². The number of carboxylic acid groups (broad SMARTS) is 1. The van der Waals surface area contributed by atoms with Crippen LogP contribution >= 0.6 is 0 Å². The number of oxime groups is 1. The van der Waals surface area contributed by atoms with Gasteiger partial charge in [0.2, 0.25) is 0 Å². The molecule has 1 N–H and O–H groups in total. The van der Waals surface area contributed by atoms with Crippen LogP contribution < -0.4 is 4.74 Å². The lowest BCUT2D eigenvalue weighted by Crippen LogP contribution is -2.61. The van der Waals surface area contributed by atoms with Crippen molar-refractivity contribution in [3.05, 3.63) is 52.8 Å². The molecule has 6 rings (SSSR count). The highest BCUT2D eigenvalue weighted by atomic mass is 19.1. The lowest BCUT2D eigenvalue weighted by atomic mass is 9.80. The van der Waals surface area contributed by atoms with Gasteiger partial charge < -0.3 is 19.6 Å². The number of amidine groups is 1. The van der Waals surface area contributed by atoms with Gasteiger partial charge in [-0.05, 0) is 92.8 Å². The Bertz CT molecular complexity index is 1290. The van der Waals surface area contributed by atoms with Crippen LogP contribution in [0.1, 0.15) is 68.6 Å². The van der Waals surface area contributed by atoms with Crippen molar-refractivity contribution in [3.63, 3.8) is 0 Å². The fourth-order valence-corrected chi connectivity index (χ4v) is 6.51. The number of nitrogens with zero attached hydrogens (tertiary/aromatic N) is 3. The molecule has 208 valence electrons. The number of hydrogen-bond acceptors (Lipinski definition) is 6. The van der Waals surface area contributed by atoms with Gasteiger partial charge in [-0.3, -0.25) is 9.69 Å². The van der Waals surface area contributed by atoms with Gasteiger partial charge in [0.15, 0.2) is 5.60 Å². The Balaban J connectivity index is 1.15. The van der Waals surface area contributed by atoms with Gasteiger partial charge >= 0.3 is 5.97 Å². The van der Waals surface area contributed by atoms with E-state index in [1.54, 1.807) is 0 Å². The van der Waals surface area contributed by atoms with E-state index in [4.69, 9.17) is 9.57 Å². The molecule has 1 saturated carbocycles. The standard InChI is InChI=1S/C31H38FN3O4/c1-4-38-28-20(2)27(22-7-9-24(32)10-8-22)25(21-5-6-21)15-23(28)17-34-18-31(19-34)16-26(33-39-31)35-13-11-30(3,12-14-35)29(36)37/h7-10,15,21H,4-6,11-14,16-19H2,1-3H3,(H,36,37). The zero-order valence-electron chi connectivity index (χ0n) is 23.1. The van der Waals surface area contributed by atoms with Crippen LogP contribution in [0.15, 0.2) is 35.5 Å². The van der Waals surface area contributed by atoms with E-state index in [9.17, 15) is 14.3 Å². The highest BCUT2D eigenvalue weighted by molar-refractivity contribution is 5.85. The lowest BCUT2D eigenvalue weighted by molar-refractivity contribution is -0.150. The molecule has 3 fully saturated rings. The minimum Gasteiger partial charge on any atom is -0.493 e. The van der Waals surface area contributed by atoms with Crippen molar-refractivity contribution in [3.8, 4) is 16.9 Å². The highest BCUT2D eigenvalue weighted by Crippen LogP contribution is 2.49. The molecule has 1 spiro atoms. The number of carbonyl (C=O) groups is 1. The van der Waals surface area contributed by atoms with Crippen LogP contribution in [0, 0.1) is 18.2 Å². The van der Waals surface area contributed by atoms with Gasteiger partial charge in [-0.15, -0.1) is 0 Å². The van der Waals surface area contributed by atoms with E-state index in [-0.39, 0.29) is 11.4 Å². The topological polar surface area (TPSA) is 74.6 Å². The van der Waals surface area contributed by atoms with Crippen molar-refractivity contribution >= 4 is 11.8 Å². The minimum atomic E-state index is -0.713. The van der Waals surface area contributed by atoms with Gasteiger partial charge in [-0.2, -0.15) is 0 Å². The summed E-state index contributed by atoms with van der Waals surface area (Å²) in [5.74, 6) is 1.49. The molecule has 2 aromatic carbocycles. The smallest absolute Gasteiger partial charge is 0.309 e. The second kappa shape index (κ2) is 9.81. The van der Waals surface area contributed by atoms with Gasteiger partial charge in [0, 0.05) is 38.3 Å². The molecular weight excluding hydrogens is 497 g/mol. The maximum Gasteiger partial charge on any atom is 0.309 e. The first-order valence-corrected chi connectivity index (χ1v) is 14.2. The number of carboxylic acids is 1. The number of rotatable bonds is 7.